The van der Waals surface area contributed by atoms with Crippen molar-refractivity contribution in [1.82, 2.24) is 26.6 Å². The third-order valence-electron chi connectivity index (χ3n) is 7.44. The number of hydrogen-bond acceptors (Lipinski definition) is 9. The summed E-state index contributed by atoms with van der Waals surface area (Å²) in [6, 6.07) is -0.0696. The Balaban J connectivity index is 2.51. The summed E-state index contributed by atoms with van der Waals surface area (Å²) in [7, 11) is 1.16. The number of aromatic hydroxyl groups is 1. The van der Waals surface area contributed by atoms with Gasteiger partial charge in [0.25, 0.3) is 0 Å². The molecule has 0 bridgehead atoms. The third-order valence-corrected chi connectivity index (χ3v) is 7.44. The van der Waals surface area contributed by atoms with Gasteiger partial charge in [0, 0.05) is 12.8 Å². The van der Waals surface area contributed by atoms with E-state index in [1.165, 1.54) is 12.1 Å². The zero-order valence-electron chi connectivity index (χ0n) is 27.3. The Kier molecular flexibility index (Phi) is 14.9. The second-order valence-corrected chi connectivity index (χ2v) is 12.0. The van der Waals surface area contributed by atoms with Crippen LogP contribution in [0, 0.1) is 11.8 Å². The minimum absolute atomic E-state index is 0.0155. The molecule has 0 spiro atoms. The Morgan fingerprint density at radius 3 is 1.89 bits per heavy atom. The predicted molar refractivity (Wildman–Crippen MR) is 170 cm³/mol. The molecule has 15 nitrogen and oxygen atoms in total. The van der Waals surface area contributed by atoms with Gasteiger partial charge in [0.15, 0.2) is 0 Å². The van der Waals surface area contributed by atoms with Crippen LogP contribution in [0.25, 0.3) is 0 Å². The summed E-state index contributed by atoms with van der Waals surface area (Å²) in [5.41, 5.74) is 6.00. The Morgan fingerprint density at radius 1 is 0.809 bits per heavy atom. The maximum Gasteiger partial charge on any atom is 0.328 e. The van der Waals surface area contributed by atoms with E-state index in [9.17, 15) is 38.7 Å². The number of amides is 6. The van der Waals surface area contributed by atoms with E-state index in [1.54, 1.807) is 52.0 Å². The number of carbonyl (C=O) groups is 7. The highest BCUT2D eigenvalue weighted by Gasteiger charge is 2.35. The molecule has 2 rings (SSSR count). The number of primary amides is 1. The van der Waals surface area contributed by atoms with Crippen molar-refractivity contribution in [3.05, 3.63) is 42.0 Å². The van der Waals surface area contributed by atoms with Crippen LogP contribution in [-0.4, -0.2) is 83.8 Å². The molecule has 8 N–H and O–H groups in total. The molecule has 1 aliphatic rings. The van der Waals surface area contributed by atoms with Crippen molar-refractivity contribution in [2.24, 2.45) is 17.6 Å². The van der Waals surface area contributed by atoms with Crippen LogP contribution in [0.15, 0.2) is 36.4 Å². The zero-order valence-corrected chi connectivity index (χ0v) is 27.3. The standard InChI is InChI=1S/C32H46N6O9/c1-17(2)26-30(44)35-21(32(46)47-5)9-7-6-8-10-25(41)34-22(15-19-11-13-20(39)14-12-19)28(42)37-27(18(3)4)31(45)36-23(16-24(33)40)29(43)38-26/h6-7,11-14,17-18,21-23,26-27,39H,8-10,15-16H2,1-5H3,(H2,33,40)(H,34,41)(H,35,44)(H,36,45)(H,37,42)(H,38,43)/b7-6-/t21-,22-,23-,26-,27-/m0/s1. The molecule has 0 saturated carbocycles. The molecule has 0 aliphatic carbocycles. The summed E-state index contributed by atoms with van der Waals surface area (Å²) in [5, 5.41) is 22.6. The lowest BCUT2D eigenvalue weighted by atomic mass is 9.99. The number of ether oxygens (including phenoxy) is 1. The van der Waals surface area contributed by atoms with E-state index >= 15 is 0 Å². The quantitative estimate of drug-likeness (QED) is 0.147. The molecule has 47 heavy (non-hydrogen) atoms. The molecular weight excluding hydrogens is 612 g/mol. The number of hydrogen-bond donors (Lipinski definition) is 7. The largest absolute Gasteiger partial charge is 0.508 e. The van der Waals surface area contributed by atoms with E-state index in [-0.39, 0.29) is 31.4 Å². The summed E-state index contributed by atoms with van der Waals surface area (Å²) in [4.78, 5) is 91.0. The highest BCUT2D eigenvalue weighted by atomic mass is 16.5. The minimum atomic E-state index is -1.51. The first kappa shape index (κ1) is 38.2. The molecule has 5 atom stereocenters. The van der Waals surface area contributed by atoms with Gasteiger partial charge in [-0.25, -0.2) is 4.79 Å². The average Bonchev–Trinajstić information content (AvgIpc) is 3.00. The fraction of sp³-hybridized carbons (Fsp3) is 0.531. The minimum Gasteiger partial charge on any atom is -0.508 e. The summed E-state index contributed by atoms with van der Waals surface area (Å²) in [6.07, 6.45) is 2.90. The van der Waals surface area contributed by atoms with E-state index in [0.29, 0.717) is 5.56 Å². The Hall–Kier alpha value is -4.95. The molecule has 0 unspecified atom stereocenters. The number of methoxy groups -OCH3 is 1. The molecule has 1 aromatic carbocycles. The zero-order chi connectivity index (χ0) is 35.3. The Bertz CT molecular complexity index is 1330. The van der Waals surface area contributed by atoms with Gasteiger partial charge in [-0.2, -0.15) is 0 Å². The van der Waals surface area contributed by atoms with Gasteiger partial charge >= 0.3 is 5.97 Å². The van der Waals surface area contributed by atoms with Crippen molar-refractivity contribution in [2.75, 3.05) is 7.11 Å². The van der Waals surface area contributed by atoms with Crippen LogP contribution in [0.2, 0.25) is 0 Å². The molecule has 1 heterocycles. The molecule has 0 saturated heterocycles. The van der Waals surface area contributed by atoms with Crippen LogP contribution in [-0.2, 0) is 44.7 Å². The smallest absolute Gasteiger partial charge is 0.328 e. The van der Waals surface area contributed by atoms with Gasteiger partial charge in [-0.1, -0.05) is 52.0 Å². The summed E-state index contributed by atoms with van der Waals surface area (Å²) in [5.74, 6) is -6.17. The van der Waals surface area contributed by atoms with Crippen molar-refractivity contribution in [3.63, 3.8) is 0 Å². The van der Waals surface area contributed by atoms with Crippen molar-refractivity contribution >= 4 is 41.4 Å². The second-order valence-electron chi connectivity index (χ2n) is 12.0. The number of carbonyl (C=O) groups excluding carboxylic acids is 7. The normalized spacial score (nSPS) is 24.7. The van der Waals surface area contributed by atoms with E-state index in [2.05, 4.69) is 26.6 Å². The van der Waals surface area contributed by atoms with Crippen molar-refractivity contribution in [1.29, 1.82) is 0 Å². The number of nitrogens with two attached hydrogens (primary N) is 1. The molecule has 0 fully saturated rings. The maximum absolute atomic E-state index is 13.6. The number of allylic oxidation sites excluding steroid dienone is 1. The van der Waals surface area contributed by atoms with Gasteiger partial charge in [0.1, 0.15) is 36.0 Å². The lowest BCUT2D eigenvalue weighted by molar-refractivity contribution is -0.145. The van der Waals surface area contributed by atoms with Crippen LogP contribution in [0.5, 0.6) is 5.75 Å². The van der Waals surface area contributed by atoms with Crippen molar-refractivity contribution in [2.45, 2.75) is 90.0 Å². The number of rotatable bonds is 7. The average molecular weight is 659 g/mol. The maximum atomic E-state index is 13.6. The van der Waals surface area contributed by atoms with Gasteiger partial charge in [-0.15, -0.1) is 0 Å². The molecule has 1 aromatic rings. The number of nitrogens with one attached hydrogen (secondary N) is 5. The van der Waals surface area contributed by atoms with E-state index in [0.717, 1.165) is 7.11 Å². The van der Waals surface area contributed by atoms with Gasteiger partial charge in [0.2, 0.25) is 35.4 Å². The van der Waals surface area contributed by atoms with Crippen LogP contribution in [0.3, 0.4) is 0 Å². The number of esters is 1. The van der Waals surface area contributed by atoms with E-state index < -0.39 is 89.9 Å². The predicted octanol–water partition coefficient (Wildman–Crippen LogP) is -0.541. The van der Waals surface area contributed by atoms with Gasteiger partial charge in [0.05, 0.1) is 13.5 Å². The van der Waals surface area contributed by atoms with Crippen molar-refractivity contribution < 1.29 is 43.4 Å². The fourth-order valence-corrected chi connectivity index (χ4v) is 4.78. The highest BCUT2D eigenvalue weighted by molar-refractivity contribution is 5.97. The summed E-state index contributed by atoms with van der Waals surface area (Å²) in [6.45, 7) is 6.62. The molecule has 0 aromatic heterocycles. The number of benzene rings is 1. The van der Waals surface area contributed by atoms with E-state index in [4.69, 9.17) is 10.5 Å². The molecule has 0 radical (unpaired) electrons. The van der Waals surface area contributed by atoms with Crippen molar-refractivity contribution in [3.8, 4) is 5.75 Å². The van der Waals surface area contributed by atoms with Crippen LogP contribution in [0.1, 0.15) is 58.9 Å². The highest BCUT2D eigenvalue weighted by Crippen LogP contribution is 2.13. The van der Waals surface area contributed by atoms with Gasteiger partial charge < -0.3 is 42.2 Å². The molecule has 1 aliphatic heterocycles. The Morgan fingerprint density at radius 2 is 1.36 bits per heavy atom. The summed E-state index contributed by atoms with van der Waals surface area (Å²) >= 11 is 0. The first-order chi connectivity index (χ1) is 22.1. The second kappa shape index (κ2) is 18.3. The van der Waals surface area contributed by atoms with Crippen LogP contribution in [0.4, 0.5) is 0 Å². The van der Waals surface area contributed by atoms with Crippen LogP contribution < -0.4 is 32.3 Å². The first-order valence-electron chi connectivity index (χ1n) is 15.4. The first-order valence-corrected chi connectivity index (χ1v) is 15.4. The van der Waals surface area contributed by atoms with Gasteiger partial charge in [-0.05, 0) is 42.4 Å². The lowest BCUT2D eigenvalue weighted by Gasteiger charge is -2.29. The Labute approximate surface area is 273 Å². The van der Waals surface area contributed by atoms with Crippen LogP contribution >= 0.6 is 0 Å². The summed E-state index contributed by atoms with van der Waals surface area (Å²) < 4.78 is 4.82. The van der Waals surface area contributed by atoms with Gasteiger partial charge in [-0.3, -0.25) is 28.8 Å². The number of phenols is 1. The SMILES string of the molecule is COC(=O)[C@@H]1C/C=C\CCC(=O)N[C@@H](Cc2ccc(O)cc2)C(=O)N[C@@H](C(C)C)C(=O)N[C@@H](CC(N)=O)C(=O)N[C@@H](C(C)C)C(=O)N1. The molecule has 6 amide bonds. The fourth-order valence-electron chi connectivity index (χ4n) is 4.78. The topological polar surface area (TPSA) is 235 Å². The third kappa shape index (κ3) is 12.4. The lowest BCUT2D eigenvalue weighted by Crippen LogP contribution is -2.61. The molecule has 258 valence electrons. The number of phenolic OH excluding ortho intramolecular Hbond substituents is 1. The van der Waals surface area contributed by atoms with E-state index in [1.807, 2.05) is 0 Å². The monoisotopic (exact) mass is 658 g/mol. The molecule has 15 heteroatoms. The molecular formula is C32H46N6O9.